The third-order valence-corrected chi connectivity index (χ3v) is 7.33. The van der Waals surface area contributed by atoms with Gasteiger partial charge in [0, 0.05) is 3.57 Å². The van der Waals surface area contributed by atoms with Gasteiger partial charge in [-0.2, -0.15) is 0 Å². The first-order valence-corrected chi connectivity index (χ1v) is 12.7. The van der Waals surface area contributed by atoms with Gasteiger partial charge in [0.1, 0.15) is 22.4 Å². The SMILES string of the molecule is COc1ccc(CN2C(=O)/C(=C/c3ccc(OCc4ccc(I)cc4)c(Cl)c3)SC2=S)cc1. The molecule has 0 aliphatic carbocycles. The van der Waals surface area contributed by atoms with Gasteiger partial charge < -0.3 is 9.47 Å². The molecule has 1 saturated heterocycles. The number of methoxy groups -OCH3 is 1. The van der Waals surface area contributed by atoms with Gasteiger partial charge in [0.15, 0.2) is 0 Å². The number of rotatable bonds is 7. The zero-order chi connectivity index (χ0) is 23.4. The topological polar surface area (TPSA) is 38.8 Å². The summed E-state index contributed by atoms with van der Waals surface area (Å²) in [6.45, 7) is 0.845. The Hall–Kier alpha value is -2.07. The van der Waals surface area contributed by atoms with E-state index < -0.39 is 0 Å². The lowest BCUT2D eigenvalue weighted by Crippen LogP contribution is -2.27. The summed E-state index contributed by atoms with van der Waals surface area (Å²) in [6, 6.07) is 21.2. The van der Waals surface area contributed by atoms with E-state index in [-0.39, 0.29) is 5.91 Å². The molecule has 1 heterocycles. The number of nitrogens with zero attached hydrogens (tertiary/aromatic N) is 1. The minimum atomic E-state index is -0.115. The van der Waals surface area contributed by atoms with Crippen molar-refractivity contribution in [3.63, 3.8) is 0 Å². The van der Waals surface area contributed by atoms with Crippen LogP contribution < -0.4 is 9.47 Å². The molecule has 1 aliphatic rings. The number of hydrogen-bond donors (Lipinski definition) is 0. The monoisotopic (exact) mass is 607 g/mol. The van der Waals surface area contributed by atoms with E-state index in [0.717, 1.165) is 22.4 Å². The van der Waals surface area contributed by atoms with Crippen LogP contribution in [-0.4, -0.2) is 22.2 Å². The summed E-state index contributed by atoms with van der Waals surface area (Å²) >= 11 is 15.4. The summed E-state index contributed by atoms with van der Waals surface area (Å²) in [4.78, 5) is 15.1. The van der Waals surface area contributed by atoms with Crippen LogP contribution in [0.4, 0.5) is 0 Å². The van der Waals surface area contributed by atoms with Crippen LogP contribution in [-0.2, 0) is 17.9 Å². The van der Waals surface area contributed by atoms with Crippen molar-refractivity contribution in [1.29, 1.82) is 0 Å². The Balaban J connectivity index is 1.43. The van der Waals surface area contributed by atoms with Gasteiger partial charge in [-0.1, -0.05) is 65.9 Å². The van der Waals surface area contributed by atoms with Crippen LogP contribution in [0.5, 0.6) is 11.5 Å². The first-order valence-electron chi connectivity index (χ1n) is 9.98. The molecule has 8 heteroatoms. The van der Waals surface area contributed by atoms with E-state index in [1.54, 1.807) is 18.1 Å². The molecule has 0 bridgehead atoms. The molecule has 1 fully saturated rings. The molecule has 1 amide bonds. The van der Waals surface area contributed by atoms with Crippen LogP contribution in [0.3, 0.4) is 0 Å². The number of hydrogen-bond acceptors (Lipinski definition) is 5. The van der Waals surface area contributed by atoms with E-state index in [1.165, 1.54) is 15.3 Å². The molecule has 0 aromatic heterocycles. The number of thioether (sulfide) groups is 1. The van der Waals surface area contributed by atoms with E-state index in [2.05, 4.69) is 22.6 Å². The van der Waals surface area contributed by atoms with Crippen molar-refractivity contribution in [2.45, 2.75) is 13.2 Å². The zero-order valence-electron chi connectivity index (χ0n) is 17.6. The summed E-state index contributed by atoms with van der Waals surface area (Å²) in [7, 11) is 1.62. The van der Waals surface area contributed by atoms with Crippen molar-refractivity contribution in [1.82, 2.24) is 4.90 Å². The zero-order valence-corrected chi connectivity index (χ0v) is 22.1. The number of benzene rings is 3. The van der Waals surface area contributed by atoms with Crippen LogP contribution in [0.15, 0.2) is 71.6 Å². The fraction of sp³-hybridized carbons (Fsp3) is 0.120. The minimum absolute atomic E-state index is 0.115. The van der Waals surface area contributed by atoms with Gasteiger partial charge in [0.05, 0.1) is 23.6 Å². The van der Waals surface area contributed by atoms with Crippen LogP contribution >= 0.6 is 58.2 Å². The van der Waals surface area contributed by atoms with Crippen LogP contribution in [0.2, 0.25) is 5.02 Å². The van der Waals surface area contributed by atoms with Crippen LogP contribution in [0.1, 0.15) is 16.7 Å². The van der Waals surface area contributed by atoms with Gasteiger partial charge in [0.2, 0.25) is 0 Å². The summed E-state index contributed by atoms with van der Waals surface area (Å²) in [6.07, 6.45) is 1.81. The smallest absolute Gasteiger partial charge is 0.266 e. The van der Waals surface area contributed by atoms with Crippen molar-refractivity contribution in [2.75, 3.05) is 7.11 Å². The third kappa shape index (κ3) is 6.09. The second kappa shape index (κ2) is 10.9. The van der Waals surface area contributed by atoms with Gasteiger partial charge in [-0.25, -0.2) is 0 Å². The summed E-state index contributed by atoms with van der Waals surface area (Å²) in [5.74, 6) is 1.25. The number of carbonyl (C=O) groups excluding carboxylic acids is 1. The first kappa shape index (κ1) is 24.1. The fourth-order valence-electron chi connectivity index (χ4n) is 3.17. The Morgan fingerprint density at radius 2 is 1.76 bits per heavy atom. The molecule has 0 saturated carbocycles. The lowest BCUT2D eigenvalue weighted by atomic mass is 10.2. The maximum absolute atomic E-state index is 12.9. The molecule has 0 unspecified atom stereocenters. The Labute approximate surface area is 221 Å². The van der Waals surface area contributed by atoms with Gasteiger partial charge in [-0.05, 0) is 81.8 Å². The molecule has 1 aliphatic heterocycles. The molecular weight excluding hydrogens is 589 g/mol. The van der Waals surface area contributed by atoms with E-state index in [4.69, 9.17) is 33.3 Å². The van der Waals surface area contributed by atoms with Crippen molar-refractivity contribution in [3.8, 4) is 11.5 Å². The lowest BCUT2D eigenvalue weighted by Gasteiger charge is -2.14. The largest absolute Gasteiger partial charge is 0.497 e. The van der Waals surface area contributed by atoms with Gasteiger partial charge in [-0.15, -0.1) is 0 Å². The maximum atomic E-state index is 12.9. The number of halogens is 2. The van der Waals surface area contributed by atoms with E-state index in [9.17, 15) is 4.79 Å². The highest BCUT2D eigenvalue weighted by Gasteiger charge is 2.32. The first-order chi connectivity index (χ1) is 15.9. The third-order valence-electron chi connectivity index (χ3n) is 4.93. The lowest BCUT2D eigenvalue weighted by molar-refractivity contribution is -0.122. The molecular formula is C25H19ClINO3S2. The molecule has 4 rings (SSSR count). The second-order valence-electron chi connectivity index (χ2n) is 7.22. The Morgan fingerprint density at radius 1 is 1.06 bits per heavy atom. The van der Waals surface area contributed by atoms with Crippen molar-refractivity contribution in [3.05, 3.63) is 96.9 Å². The van der Waals surface area contributed by atoms with Gasteiger partial charge in [-0.3, -0.25) is 9.69 Å². The van der Waals surface area contributed by atoms with E-state index in [0.29, 0.717) is 33.1 Å². The number of ether oxygens (including phenoxy) is 2. The summed E-state index contributed by atoms with van der Waals surface area (Å²) in [5.41, 5.74) is 2.86. The highest BCUT2D eigenvalue weighted by atomic mass is 127. The van der Waals surface area contributed by atoms with Crippen LogP contribution in [0, 0.1) is 3.57 Å². The van der Waals surface area contributed by atoms with Crippen molar-refractivity contribution in [2.24, 2.45) is 0 Å². The predicted octanol–water partition coefficient (Wildman–Crippen LogP) is 6.93. The summed E-state index contributed by atoms with van der Waals surface area (Å²) < 4.78 is 12.8. The second-order valence-corrected chi connectivity index (χ2v) is 10.5. The highest BCUT2D eigenvalue weighted by molar-refractivity contribution is 14.1. The maximum Gasteiger partial charge on any atom is 0.266 e. The average Bonchev–Trinajstić information content (AvgIpc) is 3.07. The van der Waals surface area contributed by atoms with Gasteiger partial charge >= 0.3 is 0 Å². The molecule has 3 aromatic carbocycles. The molecule has 0 spiro atoms. The normalized spacial score (nSPS) is 14.8. The standard InChI is InChI=1S/C25H19ClINO3S2/c1-30-20-9-4-16(5-10-20)14-28-24(29)23(33-25(28)32)13-18-6-11-22(21(26)12-18)31-15-17-2-7-19(27)8-3-17/h2-13H,14-15H2,1H3/b23-13-. The fourth-order valence-corrected chi connectivity index (χ4v) is 5.03. The minimum Gasteiger partial charge on any atom is -0.497 e. The molecule has 0 radical (unpaired) electrons. The molecule has 168 valence electrons. The quantitative estimate of drug-likeness (QED) is 0.165. The van der Waals surface area contributed by atoms with Crippen molar-refractivity contribution < 1.29 is 14.3 Å². The summed E-state index contributed by atoms with van der Waals surface area (Å²) in [5, 5.41) is 0.489. The molecule has 4 nitrogen and oxygen atoms in total. The molecule has 3 aromatic rings. The number of thiocarbonyl (C=S) groups is 1. The predicted molar refractivity (Wildman–Crippen MR) is 147 cm³/mol. The molecule has 33 heavy (non-hydrogen) atoms. The number of amides is 1. The van der Waals surface area contributed by atoms with E-state index >= 15 is 0 Å². The Morgan fingerprint density at radius 3 is 2.42 bits per heavy atom. The van der Waals surface area contributed by atoms with Crippen LogP contribution in [0.25, 0.3) is 6.08 Å². The number of carbonyl (C=O) groups is 1. The van der Waals surface area contributed by atoms with Crippen molar-refractivity contribution >= 4 is 74.5 Å². The van der Waals surface area contributed by atoms with Gasteiger partial charge in [0.25, 0.3) is 5.91 Å². The Bertz CT molecular complexity index is 1210. The van der Waals surface area contributed by atoms with E-state index in [1.807, 2.05) is 66.7 Å². The molecule has 0 N–H and O–H groups in total. The Kier molecular flexibility index (Phi) is 7.95. The molecule has 0 atom stereocenters. The highest BCUT2D eigenvalue weighted by Crippen LogP contribution is 2.35. The average molecular weight is 608 g/mol.